The van der Waals surface area contributed by atoms with Crippen LogP contribution >= 0.6 is 23.8 Å². The van der Waals surface area contributed by atoms with Gasteiger partial charge in [-0.3, -0.25) is 10.4 Å². The van der Waals surface area contributed by atoms with Gasteiger partial charge in [0.25, 0.3) is 0 Å². The van der Waals surface area contributed by atoms with Crippen LogP contribution < -0.4 is 16.1 Å². The molecule has 0 aliphatic carbocycles. The Hall–Kier alpha value is -1.44. The van der Waals surface area contributed by atoms with Crippen LogP contribution in [0.4, 0.5) is 5.69 Å². The normalized spacial score (nSPS) is 22.9. The molecule has 1 aromatic heterocycles. The Labute approximate surface area is 140 Å². The van der Waals surface area contributed by atoms with Gasteiger partial charge in [-0.15, -0.1) is 0 Å². The zero-order valence-corrected chi connectivity index (χ0v) is 14.0. The molecule has 2 aliphatic rings. The fourth-order valence-corrected chi connectivity index (χ4v) is 3.09. The molecule has 1 saturated heterocycles. The van der Waals surface area contributed by atoms with Gasteiger partial charge < -0.3 is 15.5 Å². The number of thiocarbonyl (C=S) groups is 1. The number of hydrazone groups is 1. The first-order valence-corrected chi connectivity index (χ1v) is 8.17. The summed E-state index contributed by atoms with van der Waals surface area (Å²) in [5.41, 5.74) is 5.53. The van der Waals surface area contributed by atoms with E-state index in [4.69, 9.17) is 23.8 Å². The first-order valence-electron chi connectivity index (χ1n) is 7.39. The average molecular weight is 339 g/mol. The van der Waals surface area contributed by atoms with Crippen molar-refractivity contribution in [3.8, 4) is 0 Å². The van der Waals surface area contributed by atoms with E-state index in [-0.39, 0.29) is 0 Å². The number of nitrogens with one attached hydrogen (secondary N) is 3. The molecule has 3 N–H and O–H groups in total. The summed E-state index contributed by atoms with van der Waals surface area (Å²) in [6, 6.07) is 2.21. The molecule has 0 saturated carbocycles. The molecule has 1 atom stereocenters. The number of anilines is 1. The molecule has 118 valence electrons. The molecule has 0 amide bonds. The quantitative estimate of drug-likeness (QED) is 0.532. The number of hydrogen-bond donors (Lipinski definition) is 3. The topological polar surface area (TPSA) is 64.6 Å². The highest BCUT2D eigenvalue weighted by molar-refractivity contribution is 7.80. The molecule has 6 nitrogen and oxygen atoms in total. The molecule has 3 heterocycles. The molecule has 0 unspecified atom stereocenters. The summed E-state index contributed by atoms with van der Waals surface area (Å²) in [6.07, 6.45) is 2.48. The van der Waals surface area contributed by atoms with Gasteiger partial charge in [-0.05, 0) is 25.2 Å². The zero-order chi connectivity index (χ0) is 15.5. The summed E-state index contributed by atoms with van der Waals surface area (Å²) >= 11 is 11.6. The van der Waals surface area contributed by atoms with Crippen LogP contribution in [0.1, 0.15) is 19.0 Å². The minimum Gasteiger partial charge on any atom is -0.382 e. The van der Waals surface area contributed by atoms with Crippen molar-refractivity contribution < 1.29 is 0 Å². The smallest absolute Gasteiger partial charge is 0.189 e. The van der Waals surface area contributed by atoms with Gasteiger partial charge in [0.2, 0.25) is 0 Å². The van der Waals surface area contributed by atoms with Gasteiger partial charge in [0.1, 0.15) is 5.69 Å². The fourth-order valence-electron chi connectivity index (χ4n) is 2.66. The fraction of sp³-hybridized carbons (Fsp3) is 0.500. The Kier molecular flexibility index (Phi) is 4.75. The Balaban J connectivity index is 1.71. The van der Waals surface area contributed by atoms with Crippen molar-refractivity contribution in [2.45, 2.75) is 19.4 Å². The summed E-state index contributed by atoms with van der Waals surface area (Å²) in [4.78, 5) is 6.51. The second-order valence-electron chi connectivity index (χ2n) is 5.47. The first-order chi connectivity index (χ1) is 10.6. The number of pyridine rings is 1. The van der Waals surface area contributed by atoms with Crippen LogP contribution in [0.2, 0.25) is 5.02 Å². The van der Waals surface area contributed by atoms with Crippen molar-refractivity contribution in [3.05, 3.63) is 23.0 Å². The monoisotopic (exact) mass is 338 g/mol. The largest absolute Gasteiger partial charge is 0.382 e. The van der Waals surface area contributed by atoms with Gasteiger partial charge in [-0.1, -0.05) is 11.6 Å². The standard InChI is InChI=1S/C14H19ClN6S/c1-9-8-21(7-6-16-9)14(22)20-19-11-3-5-17-12-10(15)2-4-18-13(11)12/h2,4,9,16-17H,3,5-8H2,1H3,(H,20,22)/b19-11-/t9-/m0/s1. The maximum Gasteiger partial charge on any atom is 0.189 e. The van der Waals surface area contributed by atoms with Crippen LogP contribution in [0.15, 0.2) is 17.4 Å². The molecule has 0 spiro atoms. The zero-order valence-electron chi connectivity index (χ0n) is 12.4. The van der Waals surface area contributed by atoms with E-state index in [0.29, 0.717) is 16.2 Å². The van der Waals surface area contributed by atoms with Crippen LogP contribution in [0.25, 0.3) is 0 Å². The van der Waals surface area contributed by atoms with Gasteiger partial charge in [0.15, 0.2) is 5.11 Å². The highest BCUT2D eigenvalue weighted by atomic mass is 35.5. The van der Waals surface area contributed by atoms with Crippen LogP contribution in [-0.2, 0) is 0 Å². The van der Waals surface area contributed by atoms with Crippen molar-refractivity contribution in [1.29, 1.82) is 0 Å². The predicted octanol–water partition coefficient (Wildman–Crippen LogP) is 1.42. The van der Waals surface area contributed by atoms with Crippen molar-refractivity contribution in [2.24, 2.45) is 5.10 Å². The third kappa shape index (κ3) is 3.31. The van der Waals surface area contributed by atoms with E-state index in [0.717, 1.165) is 49.7 Å². The Bertz CT molecular complexity index is 605. The molecule has 2 aliphatic heterocycles. The molecule has 1 fully saturated rings. The lowest BCUT2D eigenvalue weighted by molar-refractivity contribution is 0.301. The average Bonchev–Trinajstić information content (AvgIpc) is 2.53. The molecule has 8 heteroatoms. The highest BCUT2D eigenvalue weighted by Gasteiger charge is 2.20. The Morgan fingerprint density at radius 3 is 3.23 bits per heavy atom. The number of hydrogen-bond acceptors (Lipinski definition) is 5. The molecular formula is C14H19ClN6S. The minimum atomic E-state index is 0.432. The maximum atomic E-state index is 6.19. The number of piperazine rings is 1. The first kappa shape index (κ1) is 15.5. The van der Waals surface area contributed by atoms with Crippen LogP contribution in [-0.4, -0.2) is 52.9 Å². The Morgan fingerprint density at radius 1 is 1.55 bits per heavy atom. The summed E-state index contributed by atoms with van der Waals surface area (Å²) in [7, 11) is 0. The van der Waals surface area contributed by atoms with E-state index in [2.05, 4.69) is 38.0 Å². The minimum absolute atomic E-state index is 0.432. The SMILES string of the molecule is C[C@H]1CN(C(=S)N/N=C2/CCNc3c(Cl)ccnc32)CCN1. The van der Waals surface area contributed by atoms with Crippen molar-refractivity contribution in [2.75, 3.05) is 31.5 Å². The predicted molar refractivity (Wildman–Crippen MR) is 93.7 cm³/mol. The van der Waals surface area contributed by atoms with E-state index < -0.39 is 0 Å². The van der Waals surface area contributed by atoms with Crippen LogP contribution in [0.3, 0.4) is 0 Å². The van der Waals surface area contributed by atoms with Crippen LogP contribution in [0, 0.1) is 0 Å². The van der Waals surface area contributed by atoms with Gasteiger partial charge in [-0.2, -0.15) is 5.10 Å². The third-order valence-corrected chi connectivity index (χ3v) is 4.44. The van der Waals surface area contributed by atoms with Crippen molar-refractivity contribution in [1.82, 2.24) is 20.6 Å². The lowest BCUT2D eigenvalue weighted by Gasteiger charge is -2.33. The van der Waals surface area contributed by atoms with Gasteiger partial charge in [0.05, 0.1) is 16.4 Å². The van der Waals surface area contributed by atoms with Gasteiger partial charge >= 0.3 is 0 Å². The molecule has 22 heavy (non-hydrogen) atoms. The maximum absolute atomic E-state index is 6.19. The molecule has 1 aromatic rings. The number of rotatable bonds is 1. The number of aromatic nitrogens is 1. The second-order valence-corrected chi connectivity index (χ2v) is 6.26. The van der Waals surface area contributed by atoms with Crippen molar-refractivity contribution in [3.63, 3.8) is 0 Å². The third-order valence-electron chi connectivity index (χ3n) is 3.78. The van der Waals surface area contributed by atoms with E-state index >= 15 is 0 Å². The number of fused-ring (bicyclic) bond motifs is 1. The number of halogens is 1. The number of nitrogens with zero attached hydrogens (tertiary/aromatic N) is 3. The lowest BCUT2D eigenvalue weighted by atomic mass is 10.1. The van der Waals surface area contributed by atoms with Gasteiger partial charge in [-0.25, -0.2) is 0 Å². The van der Waals surface area contributed by atoms with Crippen molar-refractivity contribution >= 4 is 40.3 Å². The molecule has 0 bridgehead atoms. The summed E-state index contributed by atoms with van der Waals surface area (Å²) < 4.78 is 0. The van der Waals surface area contributed by atoms with E-state index in [9.17, 15) is 0 Å². The highest BCUT2D eigenvalue weighted by Crippen LogP contribution is 2.28. The Morgan fingerprint density at radius 2 is 2.41 bits per heavy atom. The molecule has 3 rings (SSSR count). The van der Waals surface area contributed by atoms with E-state index in [1.165, 1.54) is 0 Å². The van der Waals surface area contributed by atoms with E-state index in [1.54, 1.807) is 12.3 Å². The lowest BCUT2D eigenvalue weighted by Crippen LogP contribution is -2.53. The molecular weight excluding hydrogens is 320 g/mol. The summed E-state index contributed by atoms with van der Waals surface area (Å²) in [5, 5.41) is 12.4. The van der Waals surface area contributed by atoms with Gasteiger partial charge in [0, 0.05) is 44.8 Å². The summed E-state index contributed by atoms with van der Waals surface area (Å²) in [5.74, 6) is 0. The van der Waals surface area contributed by atoms with Crippen LogP contribution in [0.5, 0.6) is 0 Å². The van der Waals surface area contributed by atoms with E-state index in [1.807, 2.05) is 0 Å². The molecule has 0 aromatic carbocycles. The molecule has 0 radical (unpaired) electrons. The second kappa shape index (κ2) is 6.76. The summed E-state index contributed by atoms with van der Waals surface area (Å²) in [6.45, 7) is 5.65.